The van der Waals surface area contributed by atoms with E-state index in [0.29, 0.717) is 0 Å². The summed E-state index contributed by atoms with van der Waals surface area (Å²) in [7, 11) is 1.34. The predicted octanol–water partition coefficient (Wildman–Crippen LogP) is 2.78. The number of hydrogen-bond acceptors (Lipinski definition) is 4. The number of benzene rings is 1. The second kappa shape index (κ2) is 6.65. The second-order valence-corrected chi connectivity index (χ2v) is 3.72. The van der Waals surface area contributed by atoms with Gasteiger partial charge in [0, 0.05) is 0 Å². The van der Waals surface area contributed by atoms with Gasteiger partial charge in [0.2, 0.25) is 0 Å². The minimum Gasteiger partial charge on any atom is -0.495 e. The van der Waals surface area contributed by atoms with Crippen molar-refractivity contribution in [3.05, 3.63) is 35.4 Å². The highest BCUT2D eigenvalue weighted by molar-refractivity contribution is 6.34. The number of ether oxygens (including phenoxy) is 2. The van der Waals surface area contributed by atoms with Crippen LogP contribution in [0.15, 0.2) is 24.8 Å². The van der Waals surface area contributed by atoms with E-state index in [0.717, 1.165) is 0 Å². The molecule has 0 saturated carbocycles. The number of carbonyl (C=O) groups excluding carboxylic acids is 1. The van der Waals surface area contributed by atoms with Crippen molar-refractivity contribution < 1.29 is 24.2 Å². The number of halogens is 1. The summed E-state index contributed by atoms with van der Waals surface area (Å²) in [4.78, 5) is 22.6. The van der Waals surface area contributed by atoms with Crippen LogP contribution in [0.5, 0.6) is 5.75 Å². The van der Waals surface area contributed by atoms with Crippen LogP contribution in [0.3, 0.4) is 0 Å². The average Bonchev–Trinajstić information content (AvgIpc) is 2.36. The van der Waals surface area contributed by atoms with Gasteiger partial charge in [0.05, 0.1) is 12.1 Å². The van der Waals surface area contributed by atoms with Crippen LogP contribution in [0.4, 0.5) is 10.5 Å². The Morgan fingerprint density at radius 1 is 1.53 bits per heavy atom. The fourth-order valence-electron chi connectivity index (χ4n) is 1.33. The third-order valence-electron chi connectivity index (χ3n) is 2.11. The van der Waals surface area contributed by atoms with Crippen LogP contribution in [-0.4, -0.2) is 30.9 Å². The van der Waals surface area contributed by atoms with E-state index in [9.17, 15) is 9.59 Å². The standard InChI is InChI=1S/C12H12ClNO5/c1-3-6-19-12(17)14-10-8(18-2)5-4-7(13)9(10)11(15)16/h3-5H,1,6H2,2H3,(H,14,17)(H,15,16). The molecule has 0 radical (unpaired) electrons. The van der Waals surface area contributed by atoms with Crippen molar-refractivity contribution in [2.24, 2.45) is 0 Å². The number of carboxylic acid groups (broad SMARTS) is 1. The Bertz CT molecular complexity index is 515. The zero-order valence-electron chi connectivity index (χ0n) is 10.1. The van der Waals surface area contributed by atoms with Gasteiger partial charge in [-0.25, -0.2) is 9.59 Å². The summed E-state index contributed by atoms with van der Waals surface area (Å²) in [6, 6.07) is 2.81. The molecule has 19 heavy (non-hydrogen) atoms. The molecule has 1 amide bonds. The van der Waals surface area contributed by atoms with E-state index in [4.69, 9.17) is 26.2 Å². The first kappa shape index (κ1) is 14.8. The molecule has 1 aromatic rings. The maximum atomic E-state index is 11.5. The number of nitrogens with one attached hydrogen (secondary N) is 1. The SMILES string of the molecule is C=CCOC(=O)Nc1c(OC)ccc(Cl)c1C(=O)O. The molecule has 102 valence electrons. The topological polar surface area (TPSA) is 84.9 Å². The minimum atomic E-state index is -1.29. The van der Waals surface area contributed by atoms with Crippen LogP contribution in [0.1, 0.15) is 10.4 Å². The van der Waals surface area contributed by atoms with Gasteiger partial charge in [0.1, 0.15) is 23.6 Å². The number of hydrogen-bond donors (Lipinski definition) is 2. The van der Waals surface area contributed by atoms with E-state index in [2.05, 4.69) is 11.9 Å². The lowest BCUT2D eigenvalue weighted by Crippen LogP contribution is -2.17. The van der Waals surface area contributed by atoms with Crippen LogP contribution in [-0.2, 0) is 4.74 Å². The summed E-state index contributed by atoms with van der Waals surface area (Å²) in [5.41, 5.74) is -0.326. The van der Waals surface area contributed by atoms with Crippen molar-refractivity contribution in [3.63, 3.8) is 0 Å². The Kier molecular flexibility index (Phi) is 5.20. The maximum absolute atomic E-state index is 11.5. The fourth-order valence-corrected chi connectivity index (χ4v) is 1.57. The first-order valence-electron chi connectivity index (χ1n) is 5.15. The van der Waals surface area contributed by atoms with E-state index in [-0.39, 0.29) is 28.6 Å². The molecule has 0 fully saturated rings. The highest BCUT2D eigenvalue weighted by atomic mass is 35.5. The van der Waals surface area contributed by atoms with Gasteiger partial charge in [-0.15, -0.1) is 0 Å². The van der Waals surface area contributed by atoms with Crippen molar-refractivity contribution in [3.8, 4) is 5.75 Å². The van der Waals surface area contributed by atoms with Crippen molar-refractivity contribution in [1.82, 2.24) is 0 Å². The monoisotopic (exact) mass is 285 g/mol. The van der Waals surface area contributed by atoms with Gasteiger partial charge in [0.15, 0.2) is 0 Å². The normalized spacial score (nSPS) is 9.58. The molecule has 1 aromatic carbocycles. The van der Waals surface area contributed by atoms with E-state index in [1.54, 1.807) is 0 Å². The molecule has 6 nitrogen and oxygen atoms in total. The minimum absolute atomic E-state index is 0.00286. The Morgan fingerprint density at radius 2 is 2.21 bits per heavy atom. The molecule has 1 rings (SSSR count). The van der Waals surface area contributed by atoms with Gasteiger partial charge in [0.25, 0.3) is 0 Å². The molecular weight excluding hydrogens is 274 g/mol. The second-order valence-electron chi connectivity index (χ2n) is 3.32. The van der Waals surface area contributed by atoms with E-state index in [1.807, 2.05) is 0 Å². The summed E-state index contributed by atoms with van der Waals surface area (Å²) in [5, 5.41) is 11.4. The third kappa shape index (κ3) is 3.62. The van der Waals surface area contributed by atoms with E-state index < -0.39 is 12.1 Å². The fraction of sp³-hybridized carbons (Fsp3) is 0.167. The van der Waals surface area contributed by atoms with Crippen LogP contribution >= 0.6 is 11.6 Å². The van der Waals surface area contributed by atoms with Crippen molar-refractivity contribution in [2.75, 3.05) is 19.0 Å². The van der Waals surface area contributed by atoms with Gasteiger partial charge in [-0.05, 0) is 12.1 Å². The van der Waals surface area contributed by atoms with E-state index in [1.165, 1.54) is 25.3 Å². The predicted molar refractivity (Wildman–Crippen MR) is 70.1 cm³/mol. The molecular formula is C12H12ClNO5. The smallest absolute Gasteiger partial charge is 0.412 e. The molecule has 2 N–H and O–H groups in total. The van der Waals surface area contributed by atoms with Crippen molar-refractivity contribution in [2.45, 2.75) is 0 Å². The van der Waals surface area contributed by atoms with Gasteiger partial charge in [-0.1, -0.05) is 24.3 Å². The zero-order valence-corrected chi connectivity index (χ0v) is 10.9. The number of aromatic carboxylic acids is 1. The number of carboxylic acids is 1. The highest BCUT2D eigenvalue weighted by Gasteiger charge is 2.21. The lowest BCUT2D eigenvalue weighted by Gasteiger charge is -2.13. The zero-order chi connectivity index (χ0) is 14.4. The number of methoxy groups -OCH3 is 1. The maximum Gasteiger partial charge on any atom is 0.412 e. The lowest BCUT2D eigenvalue weighted by molar-refractivity contribution is 0.0698. The largest absolute Gasteiger partial charge is 0.495 e. The number of rotatable bonds is 5. The lowest BCUT2D eigenvalue weighted by atomic mass is 10.1. The molecule has 0 unspecified atom stereocenters. The molecule has 0 aromatic heterocycles. The van der Waals surface area contributed by atoms with Gasteiger partial charge < -0.3 is 14.6 Å². The molecule has 0 heterocycles. The van der Waals surface area contributed by atoms with Crippen molar-refractivity contribution in [1.29, 1.82) is 0 Å². The summed E-state index contributed by atoms with van der Waals surface area (Å²) in [6.07, 6.45) is 0.551. The molecule has 7 heteroatoms. The highest BCUT2D eigenvalue weighted by Crippen LogP contribution is 2.33. The van der Waals surface area contributed by atoms with E-state index >= 15 is 0 Å². The molecule has 0 spiro atoms. The summed E-state index contributed by atoms with van der Waals surface area (Å²) in [6.45, 7) is 3.39. The number of carbonyl (C=O) groups is 2. The Hall–Kier alpha value is -2.21. The van der Waals surface area contributed by atoms with Crippen LogP contribution in [0.2, 0.25) is 5.02 Å². The Balaban J connectivity index is 3.15. The first-order chi connectivity index (χ1) is 9.01. The summed E-state index contributed by atoms with van der Waals surface area (Å²) < 4.78 is 9.69. The van der Waals surface area contributed by atoms with Gasteiger partial charge in [-0.3, -0.25) is 5.32 Å². The molecule has 0 bridgehead atoms. The number of amides is 1. The van der Waals surface area contributed by atoms with Gasteiger partial charge in [-0.2, -0.15) is 0 Å². The average molecular weight is 286 g/mol. The molecule has 0 atom stereocenters. The van der Waals surface area contributed by atoms with Crippen LogP contribution in [0, 0.1) is 0 Å². The first-order valence-corrected chi connectivity index (χ1v) is 5.53. The van der Waals surface area contributed by atoms with Crippen molar-refractivity contribution >= 4 is 29.4 Å². The quantitative estimate of drug-likeness (QED) is 0.813. The molecule has 0 aliphatic rings. The Labute approximate surface area is 114 Å². The van der Waals surface area contributed by atoms with Crippen LogP contribution < -0.4 is 10.1 Å². The third-order valence-corrected chi connectivity index (χ3v) is 2.42. The molecule has 0 aliphatic carbocycles. The van der Waals surface area contributed by atoms with Gasteiger partial charge >= 0.3 is 12.1 Å². The summed E-state index contributed by atoms with van der Waals surface area (Å²) >= 11 is 5.80. The Morgan fingerprint density at radius 3 is 2.74 bits per heavy atom. The summed E-state index contributed by atoms with van der Waals surface area (Å²) in [5.74, 6) is -1.12. The molecule has 0 aliphatic heterocycles. The number of anilines is 1. The molecule has 0 saturated heterocycles. The van der Waals surface area contributed by atoms with Crippen LogP contribution in [0.25, 0.3) is 0 Å².